The van der Waals surface area contributed by atoms with Gasteiger partial charge in [0.1, 0.15) is 0 Å². The van der Waals surface area contributed by atoms with Crippen molar-refractivity contribution in [3.8, 4) is 0 Å². The summed E-state index contributed by atoms with van der Waals surface area (Å²) < 4.78 is 4.58. The molecule has 3 aromatic rings. The summed E-state index contributed by atoms with van der Waals surface area (Å²) in [5.74, 6) is 0. The molecule has 2 aromatic heterocycles. The molecule has 3 rings (SSSR count). The van der Waals surface area contributed by atoms with Crippen molar-refractivity contribution in [2.75, 3.05) is 4.72 Å². The van der Waals surface area contributed by atoms with Gasteiger partial charge >= 0.3 is 0 Å². The maximum absolute atomic E-state index is 4.13. The Morgan fingerprint density at radius 1 is 1.00 bits per heavy atom. The Labute approximate surface area is 138 Å². The molecule has 0 saturated carbocycles. The average Bonchev–Trinajstić information content (AvgIpc) is 3.11. The predicted molar refractivity (Wildman–Crippen MR) is 96.6 cm³/mol. The second-order valence-electron chi connectivity index (χ2n) is 4.51. The van der Waals surface area contributed by atoms with Crippen LogP contribution in [0, 0.1) is 20.8 Å². The van der Waals surface area contributed by atoms with Crippen LogP contribution in [0.25, 0.3) is 0 Å². The lowest BCUT2D eigenvalue weighted by Crippen LogP contribution is -1.84. The van der Waals surface area contributed by atoms with Crippen LogP contribution in [0.1, 0.15) is 16.3 Å². The van der Waals surface area contributed by atoms with E-state index in [0.717, 1.165) is 16.4 Å². The SMILES string of the molecule is Cc1ccc(NSc2cccs2)cc1.Cc1csc(C)n1. The normalized spacial score (nSPS) is 9.86. The van der Waals surface area contributed by atoms with Gasteiger partial charge in [0.2, 0.25) is 0 Å². The van der Waals surface area contributed by atoms with Crippen LogP contribution < -0.4 is 4.72 Å². The van der Waals surface area contributed by atoms with E-state index in [0.29, 0.717) is 0 Å². The van der Waals surface area contributed by atoms with Gasteiger partial charge in [0.25, 0.3) is 0 Å². The first-order valence-electron chi connectivity index (χ1n) is 6.55. The molecule has 0 aliphatic heterocycles. The molecule has 1 aromatic carbocycles. The molecule has 110 valence electrons. The van der Waals surface area contributed by atoms with Gasteiger partial charge in [-0.05, 0) is 56.3 Å². The zero-order valence-corrected chi connectivity index (χ0v) is 14.7. The summed E-state index contributed by atoms with van der Waals surface area (Å²) >= 11 is 5.09. The van der Waals surface area contributed by atoms with Crippen LogP contribution in [0.5, 0.6) is 0 Å². The first-order valence-corrected chi connectivity index (χ1v) is 9.13. The van der Waals surface area contributed by atoms with Gasteiger partial charge in [0.05, 0.1) is 9.22 Å². The number of nitrogens with zero attached hydrogens (tertiary/aromatic N) is 1. The Bertz CT molecular complexity index is 626. The molecule has 21 heavy (non-hydrogen) atoms. The lowest BCUT2D eigenvalue weighted by atomic mass is 10.2. The molecule has 0 radical (unpaired) electrons. The van der Waals surface area contributed by atoms with Crippen LogP contribution in [-0.2, 0) is 0 Å². The van der Waals surface area contributed by atoms with E-state index in [-0.39, 0.29) is 0 Å². The van der Waals surface area contributed by atoms with Gasteiger partial charge in [0, 0.05) is 16.8 Å². The summed E-state index contributed by atoms with van der Waals surface area (Å²) in [6, 6.07) is 12.6. The highest BCUT2D eigenvalue weighted by Gasteiger charge is 1.94. The number of benzene rings is 1. The lowest BCUT2D eigenvalue weighted by molar-refractivity contribution is 1.20. The molecular weight excluding hydrogens is 316 g/mol. The molecular formula is C16H18N2S3. The molecule has 5 heteroatoms. The van der Waals surface area contributed by atoms with Crippen molar-refractivity contribution in [2.24, 2.45) is 0 Å². The number of aromatic nitrogens is 1. The molecule has 0 fully saturated rings. The second-order valence-corrected chi connectivity index (χ2v) is 7.63. The van der Waals surface area contributed by atoms with E-state index in [1.165, 1.54) is 9.77 Å². The summed E-state index contributed by atoms with van der Waals surface area (Å²) in [5, 5.41) is 5.28. The van der Waals surface area contributed by atoms with Crippen LogP contribution in [-0.4, -0.2) is 4.98 Å². The van der Waals surface area contributed by atoms with Gasteiger partial charge in [-0.2, -0.15) is 0 Å². The van der Waals surface area contributed by atoms with Crippen LogP contribution in [0.2, 0.25) is 0 Å². The van der Waals surface area contributed by atoms with Crippen molar-refractivity contribution in [1.29, 1.82) is 0 Å². The summed E-state index contributed by atoms with van der Waals surface area (Å²) in [6.07, 6.45) is 0. The van der Waals surface area contributed by atoms with E-state index in [1.54, 1.807) is 34.6 Å². The molecule has 0 aliphatic rings. The quantitative estimate of drug-likeness (QED) is 0.600. The summed E-state index contributed by atoms with van der Waals surface area (Å²) in [4.78, 5) is 4.13. The van der Waals surface area contributed by atoms with Crippen molar-refractivity contribution < 1.29 is 0 Å². The maximum Gasteiger partial charge on any atom is 0.0897 e. The van der Waals surface area contributed by atoms with Gasteiger partial charge < -0.3 is 4.72 Å². The standard InChI is InChI=1S/C11H11NS2.C5H7NS/c1-9-4-6-10(7-5-9)12-14-11-3-2-8-13-11;1-4-3-7-5(2)6-4/h2-8,12H,1H3;3H,1-2H3. The fraction of sp³-hybridized carbons (Fsp3) is 0.188. The van der Waals surface area contributed by atoms with Crippen molar-refractivity contribution in [3.05, 3.63) is 63.4 Å². The number of aryl methyl sites for hydroxylation is 3. The fourth-order valence-electron chi connectivity index (χ4n) is 1.52. The molecule has 0 bridgehead atoms. The van der Waals surface area contributed by atoms with E-state index in [9.17, 15) is 0 Å². The molecule has 0 saturated heterocycles. The second kappa shape index (κ2) is 8.22. The molecule has 1 N–H and O–H groups in total. The topological polar surface area (TPSA) is 24.9 Å². The number of thiazole rings is 1. The first-order chi connectivity index (χ1) is 10.1. The van der Waals surface area contributed by atoms with Crippen molar-refractivity contribution in [3.63, 3.8) is 0 Å². The highest BCUT2D eigenvalue weighted by molar-refractivity contribution is 8.02. The fourth-order valence-corrected chi connectivity index (χ4v) is 3.55. The van der Waals surface area contributed by atoms with E-state index >= 15 is 0 Å². The van der Waals surface area contributed by atoms with Gasteiger partial charge in [-0.15, -0.1) is 22.7 Å². The number of anilines is 1. The number of hydrogen-bond acceptors (Lipinski definition) is 5. The Kier molecular flexibility index (Phi) is 6.29. The van der Waals surface area contributed by atoms with Crippen LogP contribution in [0.4, 0.5) is 5.69 Å². The Morgan fingerprint density at radius 3 is 2.24 bits per heavy atom. The highest BCUT2D eigenvalue weighted by atomic mass is 32.2. The monoisotopic (exact) mass is 334 g/mol. The predicted octanol–water partition coefficient (Wildman–Crippen LogP) is 5.94. The maximum atomic E-state index is 4.13. The lowest BCUT2D eigenvalue weighted by Gasteiger charge is -2.03. The number of thiophene rings is 1. The molecule has 0 unspecified atom stereocenters. The minimum Gasteiger partial charge on any atom is -0.325 e. The Hall–Kier alpha value is -1.30. The molecule has 0 amide bonds. The number of nitrogens with one attached hydrogen (secondary N) is 1. The zero-order chi connectivity index (χ0) is 15.1. The van der Waals surface area contributed by atoms with E-state index < -0.39 is 0 Å². The smallest absolute Gasteiger partial charge is 0.0897 e. The highest BCUT2D eigenvalue weighted by Crippen LogP contribution is 2.25. The van der Waals surface area contributed by atoms with Crippen LogP contribution in [0.15, 0.2) is 51.4 Å². The van der Waals surface area contributed by atoms with E-state index in [4.69, 9.17) is 0 Å². The van der Waals surface area contributed by atoms with E-state index in [2.05, 4.69) is 63.8 Å². The minimum atomic E-state index is 1.13. The Balaban J connectivity index is 0.000000194. The van der Waals surface area contributed by atoms with Crippen molar-refractivity contribution in [2.45, 2.75) is 25.0 Å². The minimum absolute atomic E-state index is 1.13. The molecule has 2 nitrogen and oxygen atoms in total. The van der Waals surface area contributed by atoms with Gasteiger partial charge in [-0.3, -0.25) is 0 Å². The summed E-state index contributed by atoms with van der Waals surface area (Å²) in [5.41, 5.74) is 3.56. The van der Waals surface area contributed by atoms with Gasteiger partial charge in [0.15, 0.2) is 0 Å². The molecule has 0 aliphatic carbocycles. The zero-order valence-electron chi connectivity index (χ0n) is 12.3. The van der Waals surface area contributed by atoms with Crippen molar-refractivity contribution >= 4 is 40.3 Å². The third-order valence-corrected chi connectivity index (χ3v) is 5.32. The molecule has 0 spiro atoms. The summed E-state index contributed by atoms with van der Waals surface area (Å²) in [7, 11) is 0. The van der Waals surface area contributed by atoms with E-state index in [1.807, 2.05) is 13.8 Å². The number of rotatable bonds is 3. The third kappa shape index (κ3) is 5.91. The van der Waals surface area contributed by atoms with Crippen molar-refractivity contribution in [1.82, 2.24) is 4.98 Å². The third-order valence-electron chi connectivity index (χ3n) is 2.55. The summed E-state index contributed by atoms with van der Waals surface area (Å²) in [6.45, 7) is 6.11. The van der Waals surface area contributed by atoms with Gasteiger partial charge in [-0.1, -0.05) is 23.8 Å². The molecule has 0 atom stereocenters. The van der Waals surface area contributed by atoms with Crippen LogP contribution in [0.3, 0.4) is 0 Å². The number of hydrogen-bond donors (Lipinski definition) is 1. The first kappa shape index (κ1) is 16.1. The van der Waals surface area contributed by atoms with Gasteiger partial charge in [-0.25, -0.2) is 4.98 Å². The Morgan fingerprint density at radius 2 is 1.76 bits per heavy atom. The van der Waals surface area contributed by atoms with Crippen LogP contribution >= 0.6 is 34.6 Å². The average molecular weight is 335 g/mol. The largest absolute Gasteiger partial charge is 0.325 e. The molecule has 2 heterocycles.